The first-order valence-electron chi connectivity index (χ1n) is 5.64. The molecule has 0 atom stereocenters. The van der Waals surface area contributed by atoms with Crippen molar-refractivity contribution in [2.75, 3.05) is 18.5 Å². The van der Waals surface area contributed by atoms with E-state index in [9.17, 15) is 9.59 Å². The van der Waals surface area contributed by atoms with Crippen LogP contribution >= 0.6 is 0 Å². The highest BCUT2D eigenvalue weighted by molar-refractivity contribution is 6.00. The largest absolute Gasteiger partial charge is 0.315 e. The molecule has 0 radical (unpaired) electrons. The van der Waals surface area contributed by atoms with Gasteiger partial charge in [-0.2, -0.15) is 0 Å². The summed E-state index contributed by atoms with van der Waals surface area (Å²) in [4.78, 5) is 26.6. The minimum absolute atomic E-state index is 0.141. The number of nitrogens with zero attached hydrogens (tertiary/aromatic N) is 2. The number of anilines is 1. The van der Waals surface area contributed by atoms with Gasteiger partial charge in [-0.25, -0.2) is 9.79 Å². The average Bonchev–Trinajstić information content (AvgIpc) is 2.61. The third kappa shape index (κ3) is 2.43. The SMILES string of the molecule is CN1C(=O)Cc2cc(CCCN=C=O)ccc21. The molecule has 17 heavy (non-hydrogen) atoms. The second-order valence-corrected chi connectivity index (χ2v) is 4.17. The van der Waals surface area contributed by atoms with Crippen molar-refractivity contribution in [1.29, 1.82) is 0 Å². The van der Waals surface area contributed by atoms with Crippen LogP contribution in [0.15, 0.2) is 23.2 Å². The zero-order valence-electron chi connectivity index (χ0n) is 9.77. The topological polar surface area (TPSA) is 49.7 Å². The fourth-order valence-electron chi connectivity index (χ4n) is 2.09. The Morgan fingerprint density at radius 2 is 2.29 bits per heavy atom. The fourth-order valence-corrected chi connectivity index (χ4v) is 2.09. The van der Waals surface area contributed by atoms with E-state index in [1.54, 1.807) is 11.9 Å². The fraction of sp³-hybridized carbons (Fsp3) is 0.385. The number of rotatable bonds is 4. The number of isocyanates is 1. The first-order chi connectivity index (χ1) is 8.22. The summed E-state index contributed by atoms with van der Waals surface area (Å²) in [5.74, 6) is 0.141. The zero-order chi connectivity index (χ0) is 12.3. The maximum Gasteiger partial charge on any atom is 0.234 e. The van der Waals surface area contributed by atoms with Crippen molar-refractivity contribution in [2.24, 2.45) is 4.99 Å². The molecule has 0 aliphatic carbocycles. The molecule has 0 unspecified atom stereocenters. The molecular formula is C13H14N2O2. The number of aryl methyl sites for hydroxylation is 1. The Bertz CT molecular complexity index is 490. The molecule has 4 nitrogen and oxygen atoms in total. The number of likely N-dealkylation sites (N-methyl/N-ethyl adjacent to an activating group) is 1. The van der Waals surface area contributed by atoms with E-state index in [2.05, 4.69) is 11.1 Å². The number of carbonyl (C=O) groups is 1. The van der Waals surface area contributed by atoms with Gasteiger partial charge in [0.2, 0.25) is 12.0 Å². The van der Waals surface area contributed by atoms with Gasteiger partial charge in [0, 0.05) is 12.7 Å². The van der Waals surface area contributed by atoms with E-state index in [0.717, 1.165) is 24.1 Å². The number of hydrogen-bond acceptors (Lipinski definition) is 3. The van der Waals surface area contributed by atoms with E-state index in [0.29, 0.717) is 13.0 Å². The third-order valence-corrected chi connectivity index (χ3v) is 3.02. The molecule has 1 aliphatic rings. The van der Waals surface area contributed by atoms with Gasteiger partial charge in [0.05, 0.1) is 13.0 Å². The Labute approximate surface area is 100.0 Å². The Morgan fingerprint density at radius 3 is 3.06 bits per heavy atom. The van der Waals surface area contributed by atoms with Crippen LogP contribution in [-0.2, 0) is 22.4 Å². The summed E-state index contributed by atoms with van der Waals surface area (Å²) in [6.07, 6.45) is 3.73. The predicted molar refractivity (Wildman–Crippen MR) is 64.9 cm³/mol. The van der Waals surface area contributed by atoms with Gasteiger partial charge in [-0.05, 0) is 30.0 Å². The van der Waals surface area contributed by atoms with Gasteiger partial charge in [0.1, 0.15) is 0 Å². The molecule has 1 aromatic carbocycles. The first-order valence-corrected chi connectivity index (χ1v) is 5.64. The van der Waals surface area contributed by atoms with Crippen LogP contribution in [0.25, 0.3) is 0 Å². The summed E-state index contributed by atoms with van der Waals surface area (Å²) < 4.78 is 0. The van der Waals surface area contributed by atoms with Crippen LogP contribution < -0.4 is 4.90 Å². The summed E-state index contributed by atoms with van der Waals surface area (Å²) in [6, 6.07) is 6.08. The summed E-state index contributed by atoms with van der Waals surface area (Å²) in [7, 11) is 1.80. The summed E-state index contributed by atoms with van der Waals surface area (Å²) >= 11 is 0. The molecule has 0 spiro atoms. The minimum Gasteiger partial charge on any atom is -0.315 e. The molecule has 0 fully saturated rings. The van der Waals surface area contributed by atoms with Crippen molar-refractivity contribution in [3.05, 3.63) is 29.3 Å². The van der Waals surface area contributed by atoms with E-state index < -0.39 is 0 Å². The molecule has 0 aromatic heterocycles. The lowest BCUT2D eigenvalue weighted by Crippen LogP contribution is -2.20. The van der Waals surface area contributed by atoms with Crippen LogP contribution in [0.1, 0.15) is 17.5 Å². The molecule has 1 amide bonds. The number of hydrogen-bond donors (Lipinski definition) is 0. The number of carbonyl (C=O) groups excluding carboxylic acids is 2. The maximum absolute atomic E-state index is 11.5. The highest BCUT2D eigenvalue weighted by atomic mass is 16.2. The van der Waals surface area contributed by atoms with Gasteiger partial charge in [-0.1, -0.05) is 12.1 Å². The van der Waals surface area contributed by atoms with E-state index in [4.69, 9.17) is 0 Å². The standard InChI is InChI=1S/C13H14N2O2/c1-15-12-5-4-10(3-2-6-14-9-16)7-11(12)8-13(15)17/h4-5,7H,2-3,6,8H2,1H3. The van der Waals surface area contributed by atoms with E-state index >= 15 is 0 Å². The Kier molecular flexibility index (Phi) is 3.35. The van der Waals surface area contributed by atoms with Crippen molar-refractivity contribution in [2.45, 2.75) is 19.3 Å². The summed E-state index contributed by atoms with van der Waals surface area (Å²) in [5.41, 5.74) is 3.28. The van der Waals surface area contributed by atoms with Crippen LogP contribution in [0.2, 0.25) is 0 Å². The second kappa shape index (κ2) is 4.93. The van der Waals surface area contributed by atoms with Crippen molar-refractivity contribution in [3.8, 4) is 0 Å². The molecule has 88 valence electrons. The van der Waals surface area contributed by atoms with Crippen LogP contribution in [0.5, 0.6) is 0 Å². The highest BCUT2D eigenvalue weighted by Crippen LogP contribution is 2.28. The predicted octanol–water partition coefficient (Wildman–Crippen LogP) is 1.47. The molecule has 2 rings (SSSR count). The Hall–Kier alpha value is -1.93. The zero-order valence-corrected chi connectivity index (χ0v) is 9.77. The Morgan fingerprint density at radius 1 is 1.47 bits per heavy atom. The molecule has 0 bridgehead atoms. The van der Waals surface area contributed by atoms with Crippen molar-refractivity contribution >= 4 is 17.7 Å². The quantitative estimate of drug-likeness (QED) is 0.447. The van der Waals surface area contributed by atoms with E-state index in [1.165, 1.54) is 11.6 Å². The number of aliphatic imine (C=N–C) groups is 1. The molecular weight excluding hydrogens is 216 g/mol. The van der Waals surface area contributed by atoms with Gasteiger partial charge in [-0.15, -0.1) is 0 Å². The smallest absolute Gasteiger partial charge is 0.234 e. The van der Waals surface area contributed by atoms with Gasteiger partial charge in [0.25, 0.3) is 0 Å². The molecule has 0 saturated heterocycles. The van der Waals surface area contributed by atoms with Crippen molar-refractivity contribution in [3.63, 3.8) is 0 Å². The van der Waals surface area contributed by atoms with Crippen molar-refractivity contribution in [1.82, 2.24) is 0 Å². The third-order valence-electron chi connectivity index (χ3n) is 3.02. The molecule has 1 heterocycles. The minimum atomic E-state index is 0.141. The lowest BCUT2D eigenvalue weighted by molar-refractivity contribution is -0.117. The van der Waals surface area contributed by atoms with E-state index in [-0.39, 0.29) is 5.91 Å². The van der Waals surface area contributed by atoms with Crippen LogP contribution in [0.3, 0.4) is 0 Å². The maximum atomic E-state index is 11.5. The normalized spacial score (nSPS) is 13.5. The van der Waals surface area contributed by atoms with Crippen LogP contribution in [0, 0.1) is 0 Å². The molecule has 0 saturated carbocycles. The van der Waals surface area contributed by atoms with Gasteiger partial charge >= 0.3 is 0 Å². The lowest BCUT2D eigenvalue weighted by atomic mass is 10.0. The van der Waals surface area contributed by atoms with Crippen molar-refractivity contribution < 1.29 is 9.59 Å². The number of fused-ring (bicyclic) bond motifs is 1. The second-order valence-electron chi connectivity index (χ2n) is 4.17. The monoisotopic (exact) mass is 230 g/mol. The number of benzene rings is 1. The number of amides is 1. The van der Waals surface area contributed by atoms with Gasteiger partial charge in [-0.3, -0.25) is 4.79 Å². The van der Waals surface area contributed by atoms with Gasteiger partial charge in [0.15, 0.2) is 0 Å². The highest BCUT2D eigenvalue weighted by Gasteiger charge is 2.23. The Balaban J connectivity index is 2.05. The average molecular weight is 230 g/mol. The molecule has 1 aliphatic heterocycles. The summed E-state index contributed by atoms with van der Waals surface area (Å²) in [5, 5.41) is 0. The van der Waals surface area contributed by atoms with Crippen LogP contribution in [0.4, 0.5) is 5.69 Å². The van der Waals surface area contributed by atoms with Crippen LogP contribution in [-0.4, -0.2) is 25.6 Å². The van der Waals surface area contributed by atoms with E-state index in [1.807, 2.05) is 12.1 Å². The molecule has 0 N–H and O–H groups in total. The lowest BCUT2D eigenvalue weighted by Gasteiger charge is -2.10. The molecule has 1 aromatic rings. The first kappa shape index (κ1) is 11.6. The van der Waals surface area contributed by atoms with Gasteiger partial charge < -0.3 is 4.90 Å². The molecule has 4 heteroatoms. The summed E-state index contributed by atoms with van der Waals surface area (Å²) in [6.45, 7) is 0.513.